The van der Waals surface area contributed by atoms with Gasteiger partial charge in [-0.2, -0.15) is 0 Å². The lowest BCUT2D eigenvalue weighted by Crippen LogP contribution is -2.40. The van der Waals surface area contributed by atoms with Crippen molar-refractivity contribution in [2.75, 3.05) is 25.0 Å². The van der Waals surface area contributed by atoms with Gasteiger partial charge in [-0.1, -0.05) is 35.9 Å². The maximum absolute atomic E-state index is 11.4. The molecule has 0 unspecified atom stereocenters. The zero-order valence-corrected chi connectivity index (χ0v) is 17.2. The Kier molecular flexibility index (Phi) is 7.05. The fourth-order valence-corrected chi connectivity index (χ4v) is 3.52. The second kappa shape index (κ2) is 9.91. The van der Waals surface area contributed by atoms with Crippen molar-refractivity contribution in [2.45, 2.75) is 32.9 Å². The van der Waals surface area contributed by atoms with Crippen molar-refractivity contribution < 1.29 is 4.79 Å². The first kappa shape index (κ1) is 20.6. The Bertz CT molecular complexity index is 841. The van der Waals surface area contributed by atoms with E-state index >= 15 is 0 Å². The molecule has 1 fully saturated rings. The summed E-state index contributed by atoms with van der Waals surface area (Å²) in [4.78, 5) is 22.6. The first-order valence-corrected chi connectivity index (χ1v) is 10.0. The SMILES string of the molecule is CN=C(NCc1ccc(C)cc1)NCc1cccnc1N1CCC(C(N)=O)CC1. The van der Waals surface area contributed by atoms with Crippen LogP contribution >= 0.6 is 0 Å². The molecule has 154 valence electrons. The molecule has 2 aromatic rings. The van der Waals surface area contributed by atoms with Gasteiger partial charge in [0, 0.05) is 50.9 Å². The summed E-state index contributed by atoms with van der Waals surface area (Å²) in [7, 11) is 1.77. The van der Waals surface area contributed by atoms with Gasteiger partial charge in [-0.3, -0.25) is 9.79 Å². The summed E-state index contributed by atoms with van der Waals surface area (Å²) >= 11 is 0. The molecule has 7 nitrogen and oxygen atoms in total. The van der Waals surface area contributed by atoms with E-state index in [1.807, 2.05) is 12.3 Å². The maximum atomic E-state index is 11.4. The van der Waals surface area contributed by atoms with Crippen LogP contribution in [0.5, 0.6) is 0 Å². The van der Waals surface area contributed by atoms with E-state index in [2.05, 4.69) is 62.8 Å². The number of aryl methyl sites for hydroxylation is 1. The van der Waals surface area contributed by atoms with E-state index in [4.69, 9.17) is 5.73 Å². The molecule has 0 spiro atoms. The highest BCUT2D eigenvalue weighted by Crippen LogP contribution is 2.24. The van der Waals surface area contributed by atoms with Gasteiger partial charge in [-0.25, -0.2) is 4.98 Å². The minimum absolute atomic E-state index is 0.0265. The third-order valence-corrected chi connectivity index (χ3v) is 5.31. The number of nitrogens with one attached hydrogen (secondary N) is 2. The van der Waals surface area contributed by atoms with E-state index in [1.165, 1.54) is 11.1 Å². The van der Waals surface area contributed by atoms with Crippen LogP contribution in [0, 0.1) is 12.8 Å². The van der Waals surface area contributed by atoms with E-state index < -0.39 is 0 Å². The first-order valence-electron chi connectivity index (χ1n) is 10.0. The number of anilines is 1. The number of primary amides is 1. The topological polar surface area (TPSA) is 95.6 Å². The summed E-state index contributed by atoms with van der Waals surface area (Å²) in [6.45, 7) is 4.99. The Morgan fingerprint density at radius 2 is 1.86 bits per heavy atom. The lowest BCUT2D eigenvalue weighted by atomic mass is 9.96. The molecule has 1 saturated heterocycles. The highest BCUT2D eigenvalue weighted by atomic mass is 16.1. The van der Waals surface area contributed by atoms with Crippen molar-refractivity contribution >= 4 is 17.7 Å². The molecule has 1 aromatic carbocycles. The number of carbonyl (C=O) groups excluding carboxylic acids is 1. The summed E-state index contributed by atoms with van der Waals surface area (Å²) in [6, 6.07) is 12.5. The van der Waals surface area contributed by atoms with Gasteiger partial charge in [-0.05, 0) is 31.4 Å². The molecular formula is C22H30N6O. The molecule has 4 N–H and O–H groups in total. The van der Waals surface area contributed by atoms with Crippen molar-refractivity contribution in [1.29, 1.82) is 0 Å². The molecule has 2 heterocycles. The van der Waals surface area contributed by atoms with E-state index in [-0.39, 0.29) is 11.8 Å². The van der Waals surface area contributed by atoms with Gasteiger partial charge in [0.05, 0.1) is 0 Å². The van der Waals surface area contributed by atoms with Gasteiger partial charge in [0.15, 0.2) is 5.96 Å². The molecule has 0 saturated carbocycles. The van der Waals surface area contributed by atoms with Crippen LogP contribution in [0.4, 0.5) is 5.82 Å². The fourth-order valence-electron chi connectivity index (χ4n) is 3.52. The summed E-state index contributed by atoms with van der Waals surface area (Å²) < 4.78 is 0. The quantitative estimate of drug-likeness (QED) is 0.514. The Hall–Kier alpha value is -3.09. The molecule has 1 aliphatic heterocycles. The van der Waals surface area contributed by atoms with Crippen LogP contribution in [-0.2, 0) is 17.9 Å². The number of guanidine groups is 1. The summed E-state index contributed by atoms with van der Waals surface area (Å²) in [5.74, 6) is 1.47. The molecule has 7 heteroatoms. The average Bonchev–Trinajstić information content (AvgIpc) is 2.75. The van der Waals surface area contributed by atoms with Crippen LogP contribution in [0.3, 0.4) is 0 Å². The van der Waals surface area contributed by atoms with Crippen LogP contribution < -0.4 is 21.3 Å². The predicted molar refractivity (Wildman–Crippen MR) is 117 cm³/mol. The highest BCUT2D eigenvalue weighted by molar-refractivity contribution is 5.79. The Morgan fingerprint density at radius 1 is 1.17 bits per heavy atom. The molecule has 3 rings (SSSR count). The zero-order chi connectivity index (χ0) is 20.6. The van der Waals surface area contributed by atoms with Gasteiger partial charge >= 0.3 is 0 Å². The molecule has 0 atom stereocenters. The van der Waals surface area contributed by atoms with Crippen molar-refractivity contribution in [3.8, 4) is 0 Å². The van der Waals surface area contributed by atoms with Gasteiger partial charge in [-0.15, -0.1) is 0 Å². The summed E-state index contributed by atoms with van der Waals surface area (Å²) in [5, 5.41) is 6.72. The van der Waals surface area contributed by atoms with E-state index in [0.29, 0.717) is 13.1 Å². The summed E-state index contributed by atoms with van der Waals surface area (Å²) in [6.07, 6.45) is 3.36. The number of nitrogens with zero attached hydrogens (tertiary/aromatic N) is 3. The number of hydrogen-bond donors (Lipinski definition) is 3. The number of nitrogens with two attached hydrogens (primary N) is 1. The van der Waals surface area contributed by atoms with Gasteiger partial charge < -0.3 is 21.3 Å². The van der Waals surface area contributed by atoms with E-state index in [9.17, 15) is 4.79 Å². The lowest BCUT2D eigenvalue weighted by Gasteiger charge is -2.32. The fraction of sp³-hybridized carbons (Fsp3) is 0.409. The molecule has 1 aromatic heterocycles. The molecule has 29 heavy (non-hydrogen) atoms. The molecule has 1 aliphatic rings. The zero-order valence-electron chi connectivity index (χ0n) is 17.2. The predicted octanol–water partition coefficient (Wildman–Crippen LogP) is 1.96. The molecule has 1 amide bonds. The number of aromatic nitrogens is 1. The second-order valence-corrected chi connectivity index (χ2v) is 7.41. The average molecular weight is 395 g/mol. The first-order chi connectivity index (χ1) is 14.1. The van der Waals surface area contributed by atoms with Crippen molar-refractivity contribution in [1.82, 2.24) is 15.6 Å². The maximum Gasteiger partial charge on any atom is 0.220 e. The number of amides is 1. The van der Waals surface area contributed by atoms with Crippen LogP contribution in [0.2, 0.25) is 0 Å². The Morgan fingerprint density at radius 3 is 2.52 bits per heavy atom. The molecule has 0 bridgehead atoms. The third-order valence-electron chi connectivity index (χ3n) is 5.31. The van der Waals surface area contributed by atoms with Gasteiger partial charge in [0.25, 0.3) is 0 Å². The van der Waals surface area contributed by atoms with Crippen LogP contribution in [-0.4, -0.2) is 37.0 Å². The monoisotopic (exact) mass is 394 g/mol. The van der Waals surface area contributed by atoms with Crippen molar-refractivity contribution in [3.63, 3.8) is 0 Å². The molecule has 0 aliphatic carbocycles. The van der Waals surface area contributed by atoms with E-state index in [1.54, 1.807) is 7.05 Å². The number of piperidine rings is 1. The van der Waals surface area contributed by atoms with Crippen molar-refractivity contribution in [3.05, 3.63) is 59.3 Å². The summed E-state index contributed by atoms with van der Waals surface area (Å²) in [5.41, 5.74) is 9.01. The van der Waals surface area contributed by atoms with Crippen LogP contribution in [0.1, 0.15) is 29.5 Å². The van der Waals surface area contributed by atoms with Crippen LogP contribution in [0.25, 0.3) is 0 Å². The minimum atomic E-state index is -0.198. The second-order valence-electron chi connectivity index (χ2n) is 7.41. The van der Waals surface area contributed by atoms with Gasteiger partial charge in [0.1, 0.15) is 5.82 Å². The largest absolute Gasteiger partial charge is 0.369 e. The smallest absolute Gasteiger partial charge is 0.220 e. The highest BCUT2D eigenvalue weighted by Gasteiger charge is 2.24. The number of hydrogen-bond acceptors (Lipinski definition) is 4. The third kappa shape index (κ3) is 5.70. The number of aliphatic imine (C=N–C) groups is 1. The number of pyridine rings is 1. The number of rotatable bonds is 6. The van der Waals surface area contributed by atoms with Crippen LogP contribution in [0.15, 0.2) is 47.6 Å². The normalized spacial score (nSPS) is 15.2. The Labute approximate surface area is 172 Å². The van der Waals surface area contributed by atoms with Gasteiger partial charge in [0.2, 0.25) is 5.91 Å². The number of benzene rings is 1. The Balaban J connectivity index is 1.57. The minimum Gasteiger partial charge on any atom is -0.369 e. The standard InChI is InChI=1S/C22H30N6O/c1-16-5-7-17(8-6-16)14-26-22(24-2)27-15-19-4-3-11-25-21(19)28-12-9-18(10-13-28)20(23)29/h3-8,11,18H,9-10,12-15H2,1-2H3,(H2,23,29)(H2,24,26,27). The number of carbonyl (C=O) groups is 1. The van der Waals surface area contributed by atoms with E-state index in [0.717, 1.165) is 43.3 Å². The molecular weight excluding hydrogens is 364 g/mol. The lowest BCUT2D eigenvalue weighted by molar-refractivity contribution is -0.122. The molecule has 0 radical (unpaired) electrons. The van der Waals surface area contributed by atoms with Crippen molar-refractivity contribution in [2.24, 2.45) is 16.6 Å².